The topological polar surface area (TPSA) is 80.8 Å². The van der Waals surface area contributed by atoms with Crippen molar-refractivity contribution in [1.82, 2.24) is 4.90 Å². The predicted molar refractivity (Wildman–Crippen MR) is 132 cm³/mol. The number of rotatable bonds is 8. The first-order valence-electron chi connectivity index (χ1n) is 12.1. The number of nitrogens with zero attached hydrogens (tertiary/aromatic N) is 1. The lowest BCUT2D eigenvalue weighted by Crippen LogP contribution is -2.60. The van der Waals surface area contributed by atoms with E-state index in [9.17, 15) is 19.2 Å². The number of carbonyl (C=O) groups excluding carboxylic acids is 4. The Labute approximate surface area is 206 Å². The fourth-order valence-corrected chi connectivity index (χ4v) is 5.81. The highest BCUT2D eigenvalue weighted by molar-refractivity contribution is 6.07. The average Bonchev–Trinajstić information content (AvgIpc) is 3.33. The van der Waals surface area contributed by atoms with Gasteiger partial charge in [0.25, 0.3) is 5.91 Å². The van der Waals surface area contributed by atoms with Crippen molar-refractivity contribution in [2.75, 3.05) is 13.7 Å². The smallest absolute Gasteiger partial charge is 0.332 e. The molecule has 1 fully saturated rings. The van der Waals surface area contributed by atoms with Crippen molar-refractivity contribution < 1.29 is 23.9 Å². The summed E-state index contributed by atoms with van der Waals surface area (Å²) in [4.78, 5) is 55.3. The number of hydrogen-bond donors (Lipinski definition) is 0. The molecule has 2 aliphatic rings. The number of methoxy groups -OCH3 is 1. The first-order valence-corrected chi connectivity index (χ1v) is 12.1. The van der Waals surface area contributed by atoms with Crippen LogP contribution < -0.4 is 0 Å². The first-order chi connectivity index (χ1) is 16.8. The van der Waals surface area contributed by atoms with E-state index < -0.39 is 23.3 Å². The molecule has 182 valence electrons. The van der Waals surface area contributed by atoms with Crippen molar-refractivity contribution in [2.24, 2.45) is 11.8 Å². The lowest BCUT2D eigenvalue weighted by molar-refractivity contribution is -0.156. The Balaban J connectivity index is 1.90. The van der Waals surface area contributed by atoms with E-state index in [-0.39, 0.29) is 36.9 Å². The van der Waals surface area contributed by atoms with Crippen molar-refractivity contribution >= 4 is 23.4 Å². The van der Waals surface area contributed by atoms with Crippen molar-refractivity contribution in [3.8, 4) is 0 Å². The van der Waals surface area contributed by atoms with Crippen LogP contribution in [0.25, 0.3) is 0 Å². The van der Waals surface area contributed by atoms with E-state index in [4.69, 9.17) is 4.74 Å². The van der Waals surface area contributed by atoms with Gasteiger partial charge in [0, 0.05) is 43.2 Å². The van der Waals surface area contributed by atoms with Crippen LogP contribution in [0.1, 0.15) is 49.0 Å². The van der Waals surface area contributed by atoms with E-state index in [0.29, 0.717) is 24.0 Å². The van der Waals surface area contributed by atoms with Crippen LogP contribution in [0.5, 0.6) is 0 Å². The number of hydrogen-bond acceptors (Lipinski definition) is 5. The lowest BCUT2D eigenvalue weighted by Gasteiger charge is -2.41. The monoisotopic (exact) mass is 473 g/mol. The first kappa shape index (κ1) is 24.6. The van der Waals surface area contributed by atoms with Crippen molar-refractivity contribution in [1.29, 1.82) is 0 Å². The molecule has 0 saturated carbocycles. The maximum Gasteiger partial charge on any atom is 0.332 e. The largest absolute Gasteiger partial charge is 0.467 e. The molecule has 0 unspecified atom stereocenters. The molecule has 1 aliphatic carbocycles. The molecule has 0 spiro atoms. The molecule has 0 bridgehead atoms. The molecular formula is C29H31NO5. The van der Waals surface area contributed by atoms with Gasteiger partial charge in [-0.15, -0.1) is 0 Å². The second-order valence-electron chi connectivity index (χ2n) is 9.43. The van der Waals surface area contributed by atoms with Gasteiger partial charge >= 0.3 is 5.97 Å². The standard InChI is InChI=1S/C29H31NO5/c1-4-11-22(31)16-23-25-24(19(2)26(23)32)18-30(27(33)21-14-9-6-10-15-21)29(25,28(34)35-3)17-20-12-7-5-8-13-20/h5-10,12-15,23,25H,4,11,16-18H2,1-3H3/t23-,25-,29+/m0/s1. The number of ether oxygens (including phenoxy) is 1. The number of fused-ring (bicyclic) bond motifs is 1. The van der Waals surface area contributed by atoms with Gasteiger partial charge in [-0.25, -0.2) is 4.79 Å². The predicted octanol–water partition coefficient (Wildman–Crippen LogP) is 4.19. The van der Waals surface area contributed by atoms with E-state index >= 15 is 0 Å². The maximum absolute atomic E-state index is 13.9. The maximum atomic E-state index is 13.9. The van der Waals surface area contributed by atoms with Crippen LogP contribution in [0.15, 0.2) is 71.8 Å². The molecular weight excluding hydrogens is 442 g/mol. The van der Waals surface area contributed by atoms with Gasteiger partial charge < -0.3 is 9.64 Å². The van der Waals surface area contributed by atoms with Gasteiger partial charge in [-0.2, -0.15) is 0 Å². The molecule has 0 aromatic heterocycles. The SMILES string of the molecule is CCCC(=O)C[C@@H]1C(=O)C(C)=C2CN(C(=O)c3ccccc3)[C@@](Cc3ccccc3)(C(=O)OC)[C@H]21. The van der Waals surface area contributed by atoms with Crippen LogP contribution in [0.3, 0.4) is 0 Å². The summed E-state index contributed by atoms with van der Waals surface area (Å²) in [5.41, 5.74) is 1.17. The molecule has 1 saturated heterocycles. The highest BCUT2D eigenvalue weighted by Crippen LogP contribution is 2.53. The summed E-state index contributed by atoms with van der Waals surface area (Å²) < 4.78 is 5.35. The highest BCUT2D eigenvalue weighted by atomic mass is 16.5. The Bertz CT molecular complexity index is 1170. The van der Waals surface area contributed by atoms with Gasteiger partial charge in [-0.3, -0.25) is 14.4 Å². The van der Waals surface area contributed by atoms with Crippen molar-refractivity contribution in [3.63, 3.8) is 0 Å². The van der Waals surface area contributed by atoms with Gasteiger partial charge in [-0.1, -0.05) is 55.5 Å². The van der Waals surface area contributed by atoms with Crippen LogP contribution >= 0.6 is 0 Å². The number of amides is 1. The normalized spacial score (nSPS) is 23.4. The Hall–Kier alpha value is -3.54. The Morgan fingerprint density at radius 2 is 1.66 bits per heavy atom. The molecule has 6 nitrogen and oxygen atoms in total. The van der Waals surface area contributed by atoms with E-state index in [2.05, 4.69) is 0 Å². The van der Waals surface area contributed by atoms with Crippen LogP contribution in [0.4, 0.5) is 0 Å². The van der Waals surface area contributed by atoms with Crippen LogP contribution in [-0.2, 0) is 25.5 Å². The summed E-state index contributed by atoms with van der Waals surface area (Å²) in [6.07, 6.45) is 1.31. The van der Waals surface area contributed by atoms with E-state index in [1.54, 1.807) is 36.1 Å². The molecule has 3 atom stereocenters. The third-order valence-corrected chi connectivity index (χ3v) is 7.39. The molecule has 4 rings (SSSR count). The fourth-order valence-electron chi connectivity index (χ4n) is 5.81. The molecule has 0 radical (unpaired) electrons. The van der Waals surface area contributed by atoms with Crippen molar-refractivity contribution in [2.45, 2.75) is 45.1 Å². The number of Topliss-reactive ketones (excluding diaryl/α,β-unsaturated/α-hetero) is 2. The lowest BCUT2D eigenvalue weighted by atomic mass is 9.71. The molecule has 2 aromatic carbocycles. The fraction of sp³-hybridized carbons (Fsp3) is 0.379. The summed E-state index contributed by atoms with van der Waals surface area (Å²) in [5, 5.41) is 0. The third kappa shape index (κ3) is 4.22. The van der Waals surface area contributed by atoms with Crippen LogP contribution in [0.2, 0.25) is 0 Å². The summed E-state index contributed by atoms with van der Waals surface area (Å²) in [6, 6.07) is 18.3. The van der Waals surface area contributed by atoms with Crippen LogP contribution in [-0.4, -0.2) is 47.5 Å². The number of carbonyl (C=O) groups is 4. The van der Waals surface area contributed by atoms with Crippen LogP contribution in [0, 0.1) is 11.8 Å². The zero-order valence-electron chi connectivity index (χ0n) is 20.5. The van der Waals surface area contributed by atoms with Crippen molar-refractivity contribution in [3.05, 3.63) is 82.9 Å². The van der Waals surface area contributed by atoms with Gasteiger partial charge in [0.2, 0.25) is 0 Å². The number of allylic oxidation sites excluding steroid dienone is 1. The zero-order valence-corrected chi connectivity index (χ0v) is 20.5. The number of likely N-dealkylation sites (tertiary alicyclic amines) is 1. The minimum Gasteiger partial charge on any atom is -0.467 e. The van der Waals surface area contributed by atoms with E-state index in [1.807, 2.05) is 43.3 Å². The Morgan fingerprint density at radius 3 is 2.26 bits per heavy atom. The minimum atomic E-state index is -1.44. The van der Waals surface area contributed by atoms with E-state index in [0.717, 1.165) is 11.1 Å². The van der Waals surface area contributed by atoms with Gasteiger partial charge in [-0.05, 0) is 42.2 Å². The third-order valence-electron chi connectivity index (χ3n) is 7.39. The second kappa shape index (κ2) is 9.98. The Morgan fingerprint density at radius 1 is 1.03 bits per heavy atom. The van der Waals surface area contributed by atoms with Gasteiger partial charge in [0.15, 0.2) is 11.3 Å². The van der Waals surface area contributed by atoms with Gasteiger partial charge in [0.1, 0.15) is 5.78 Å². The molecule has 0 N–H and O–H groups in total. The highest BCUT2D eigenvalue weighted by Gasteiger charge is 2.65. The quantitative estimate of drug-likeness (QED) is 0.537. The summed E-state index contributed by atoms with van der Waals surface area (Å²) in [7, 11) is 1.31. The summed E-state index contributed by atoms with van der Waals surface area (Å²) >= 11 is 0. The number of ketones is 2. The molecule has 2 aromatic rings. The molecule has 6 heteroatoms. The Kier molecular flexibility index (Phi) is 7.01. The number of esters is 1. The summed E-state index contributed by atoms with van der Waals surface area (Å²) in [6.45, 7) is 3.82. The van der Waals surface area contributed by atoms with Gasteiger partial charge in [0.05, 0.1) is 7.11 Å². The molecule has 1 heterocycles. The number of benzene rings is 2. The molecule has 1 amide bonds. The molecule has 1 aliphatic heterocycles. The molecule has 35 heavy (non-hydrogen) atoms. The minimum absolute atomic E-state index is 0.00814. The summed E-state index contributed by atoms with van der Waals surface area (Å²) in [5.74, 6) is -2.29. The van der Waals surface area contributed by atoms with E-state index in [1.165, 1.54) is 7.11 Å². The zero-order chi connectivity index (χ0) is 25.2. The average molecular weight is 474 g/mol. The second-order valence-corrected chi connectivity index (χ2v) is 9.43.